The Bertz CT molecular complexity index is 526. The van der Waals surface area contributed by atoms with Crippen LogP contribution >= 0.6 is 0 Å². The third-order valence-corrected chi connectivity index (χ3v) is 5.22. The molecule has 1 heterocycles. The maximum atomic E-state index is 11.7. The van der Waals surface area contributed by atoms with Gasteiger partial charge in [0.2, 0.25) is 5.91 Å². The van der Waals surface area contributed by atoms with E-state index in [0.717, 1.165) is 18.0 Å². The second-order valence-electron chi connectivity index (χ2n) is 6.44. The Hall–Kier alpha value is -1.35. The van der Waals surface area contributed by atoms with Crippen LogP contribution < -0.4 is 10.6 Å². The van der Waals surface area contributed by atoms with Crippen molar-refractivity contribution in [3.63, 3.8) is 0 Å². The largest absolute Gasteiger partial charge is 0.324 e. The third kappa shape index (κ3) is 2.24. The zero-order valence-electron chi connectivity index (χ0n) is 12.4. The van der Waals surface area contributed by atoms with Gasteiger partial charge in [-0.05, 0) is 41.9 Å². The molecule has 0 saturated heterocycles. The Morgan fingerprint density at radius 3 is 2.80 bits per heavy atom. The summed E-state index contributed by atoms with van der Waals surface area (Å²) in [5.41, 5.74) is 10.1. The predicted molar refractivity (Wildman–Crippen MR) is 81.6 cm³/mol. The van der Waals surface area contributed by atoms with Crippen LogP contribution in [0.15, 0.2) is 18.2 Å². The van der Waals surface area contributed by atoms with E-state index in [1.807, 2.05) is 7.05 Å². The lowest BCUT2D eigenvalue weighted by molar-refractivity contribution is -0.118. The monoisotopic (exact) mass is 272 g/mol. The second kappa shape index (κ2) is 5.21. The Balaban J connectivity index is 1.87. The molecule has 1 aromatic carbocycles. The van der Waals surface area contributed by atoms with Crippen LogP contribution in [0.3, 0.4) is 0 Å². The molecule has 0 bridgehead atoms. The first-order chi connectivity index (χ1) is 9.58. The number of nitrogens with two attached hydrogens (primary N) is 1. The highest BCUT2D eigenvalue weighted by molar-refractivity contribution is 5.95. The zero-order valence-corrected chi connectivity index (χ0v) is 12.4. The standard InChI is InChI=1S/C17H24N2O/c1-11-4-3-5-14(11)17(18)13-6-8-15-12(10-13)7-9-16(20)19(15)2/h6,8,10-11,14,17H,3-5,7,9,18H2,1-2H3. The average molecular weight is 272 g/mol. The average Bonchev–Trinajstić information content (AvgIpc) is 2.88. The highest BCUT2D eigenvalue weighted by Crippen LogP contribution is 2.40. The molecule has 20 heavy (non-hydrogen) atoms. The predicted octanol–water partition coefficient (Wildman–Crippen LogP) is 3.03. The number of fused-ring (bicyclic) bond motifs is 1. The highest BCUT2D eigenvalue weighted by Gasteiger charge is 2.30. The van der Waals surface area contributed by atoms with E-state index in [1.165, 1.54) is 30.4 Å². The maximum Gasteiger partial charge on any atom is 0.227 e. The van der Waals surface area contributed by atoms with E-state index < -0.39 is 0 Å². The fourth-order valence-corrected chi connectivity index (χ4v) is 3.84. The van der Waals surface area contributed by atoms with Crippen LogP contribution in [0.25, 0.3) is 0 Å². The number of hydrogen-bond donors (Lipinski definition) is 1. The van der Waals surface area contributed by atoms with E-state index >= 15 is 0 Å². The Labute approximate surface area is 121 Å². The molecule has 1 saturated carbocycles. The summed E-state index contributed by atoms with van der Waals surface area (Å²) in [4.78, 5) is 13.5. The minimum absolute atomic E-state index is 0.140. The maximum absolute atomic E-state index is 11.7. The van der Waals surface area contributed by atoms with Gasteiger partial charge in [0.1, 0.15) is 0 Å². The number of benzene rings is 1. The number of anilines is 1. The molecule has 0 spiro atoms. The van der Waals surface area contributed by atoms with E-state index in [4.69, 9.17) is 5.73 Å². The summed E-state index contributed by atoms with van der Waals surface area (Å²) < 4.78 is 0. The van der Waals surface area contributed by atoms with Crippen LogP contribution in [-0.2, 0) is 11.2 Å². The van der Waals surface area contributed by atoms with E-state index in [1.54, 1.807) is 4.90 Å². The van der Waals surface area contributed by atoms with Gasteiger partial charge in [-0.2, -0.15) is 0 Å². The van der Waals surface area contributed by atoms with Crippen molar-refractivity contribution in [3.05, 3.63) is 29.3 Å². The van der Waals surface area contributed by atoms with Crippen LogP contribution in [0.4, 0.5) is 5.69 Å². The molecule has 2 N–H and O–H groups in total. The van der Waals surface area contributed by atoms with E-state index in [9.17, 15) is 4.79 Å². The lowest BCUT2D eigenvalue weighted by atomic mass is 9.85. The molecule has 3 nitrogen and oxygen atoms in total. The number of rotatable bonds is 2. The van der Waals surface area contributed by atoms with Gasteiger partial charge < -0.3 is 10.6 Å². The molecule has 1 aliphatic carbocycles. The van der Waals surface area contributed by atoms with Crippen molar-refractivity contribution in [2.45, 2.75) is 45.1 Å². The number of carbonyl (C=O) groups is 1. The van der Waals surface area contributed by atoms with Crippen molar-refractivity contribution in [1.29, 1.82) is 0 Å². The first kappa shape index (κ1) is 13.6. The number of aryl methyl sites for hydroxylation is 1. The second-order valence-corrected chi connectivity index (χ2v) is 6.44. The fraction of sp³-hybridized carbons (Fsp3) is 0.588. The molecule has 3 atom stereocenters. The highest BCUT2D eigenvalue weighted by atomic mass is 16.2. The molecule has 3 heteroatoms. The minimum Gasteiger partial charge on any atom is -0.324 e. The quantitative estimate of drug-likeness (QED) is 0.899. The van der Waals surface area contributed by atoms with E-state index in [-0.39, 0.29) is 11.9 Å². The zero-order chi connectivity index (χ0) is 14.3. The summed E-state index contributed by atoms with van der Waals surface area (Å²) >= 11 is 0. The van der Waals surface area contributed by atoms with Crippen molar-refractivity contribution in [2.75, 3.05) is 11.9 Å². The molecule has 3 rings (SSSR count). The van der Waals surface area contributed by atoms with Gasteiger partial charge in [0.05, 0.1) is 0 Å². The molecule has 1 amide bonds. The van der Waals surface area contributed by atoms with Gasteiger partial charge in [0.15, 0.2) is 0 Å². The van der Waals surface area contributed by atoms with Crippen LogP contribution in [0.5, 0.6) is 0 Å². The SMILES string of the molecule is CC1CCCC1C(N)c1ccc2c(c1)CCC(=O)N2C. The first-order valence-electron chi connectivity index (χ1n) is 7.73. The lowest BCUT2D eigenvalue weighted by Crippen LogP contribution is -2.31. The molecule has 1 aliphatic heterocycles. The molecule has 3 unspecified atom stereocenters. The lowest BCUT2D eigenvalue weighted by Gasteiger charge is -2.28. The van der Waals surface area contributed by atoms with Crippen molar-refractivity contribution < 1.29 is 4.79 Å². The van der Waals surface area contributed by atoms with E-state index in [0.29, 0.717) is 12.3 Å². The molecular formula is C17H24N2O. The summed E-state index contributed by atoms with van der Waals surface area (Å²) in [6.45, 7) is 2.32. The Morgan fingerprint density at radius 2 is 2.10 bits per heavy atom. The van der Waals surface area contributed by atoms with Crippen molar-refractivity contribution in [3.8, 4) is 0 Å². The minimum atomic E-state index is 0.140. The third-order valence-electron chi connectivity index (χ3n) is 5.22. The van der Waals surface area contributed by atoms with Gasteiger partial charge >= 0.3 is 0 Å². The van der Waals surface area contributed by atoms with Crippen molar-refractivity contribution in [2.24, 2.45) is 17.6 Å². The number of nitrogens with zero attached hydrogens (tertiary/aromatic N) is 1. The fourth-order valence-electron chi connectivity index (χ4n) is 3.84. The summed E-state index contributed by atoms with van der Waals surface area (Å²) in [7, 11) is 1.86. The molecule has 108 valence electrons. The molecule has 2 aliphatic rings. The number of carbonyl (C=O) groups excluding carboxylic acids is 1. The topological polar surface area (TPSA) is 46.3 Å². The normalized spacial score (nSPS) is 27.6. The number of amides is 1. The smallest absolute Gasteiger partial charge is 0.227 e. The van der Waals surface area contributed by atoms with Gasteiger partial charge in [-0.15, -0.1) is 0 Å². The molecular weight excluding hydrogens is 248 g/mol. The van der Waals surface area contributed by atoms with Crippen LogP contribution in [0.1, 0.15) is 49.8 Å². The van der Waals surface area contributed by atoms with Crippen LogP contribution in [-0.4, -0.2) is 13.0 Å². The summed E-state index contributed by atoms with van der Waals surface area (Å²) in [5, 5.41) is 0. The molecule has 0 radical (unpaired) electrons. The molecule has 1 aromatic rings. The van der Waals surface area contributed by atoms with Gasteiger partial charge in [-0.1, -0.05) is 31.9 Å². The summed E-state index contributed by atoms with van der Waals surface area (Å²) in [6.07, 6.45) is 5.32. The van der Waals surface area contributed by atoms with Gasteiger partial charge in [0, 0.05) is 25.2 Å². The van der Waals surface area contributed by atoms with Crippen molar-refractivity contribution >= 4 is 11.6 Å². The van der Waals surface area contributed by atoms with Gasteiger partial charge in [0.25, 0.3) is 0 Å². The number of hydrogen-bond acceptors (Lipinski definition) is 2. The van der Waals surface area contributed by atoms with Crippen molar-refractivity contribution in [1.82, 2.24) is 0 Å². The van der Waals surface area contributed by atoms with E-state index in [2.05, 4.69) is 25.1 Å². The van der Waals surface area contributed by atoms with Gasteiger partial charge in [-0.3, -0.25) is 4.79 Å². The van der Waals surface area contributed by atoms with Crippen LogP contribution in [0, 0.1) is 11.8 Å². The Kier molecular flexibility index (Phi) is 3.55. The molecule has 0 aromatic heterocycles. The summed E-state index contributed by atoms with van der Waals surface area (Å²) in [6, 6.07) is 6.56. The summed E-state index contributed by atoms with van der Waals surface area (Å²) in [5.74, 6) is 1.54. The van der Waals surface area contributed by atoms with Gasteiger partial charge in [-0.25, -0.2) is 0 Å². The molecule has 1 fully saturated rings. The Morgan fingerprint density at radius 1 is 1.30 bits per heavy atom. The van der Waals surface area contributed by atoms with Crippen LogP contribution in [0.2, 0.25) is 0 Å². The first-order valence-corrected chi connectivity index (χ1v) is 7.73.